The van der Waals surface area contributed by atoms with Gasteiger partial charge in [0.05, 0.1) is 11.6 Å². The van der Waals surface area contributed by atoms with Gasteiger partial charge in [-0.25, -0.2) is 8.78 Å². The van der Waals surface area contributed by atoms with Crippen LogP contribution in [0.3, 0.4) is 0 Å². The Hall–Kier alpha value is -1.00. The average Bonchev–Trinajstić information content (AvgIpc) is 2.33. The molecule has 0 radical (unpaired) electrons. The molecule has 2 N–H and O–H groups in total. The molecule has 17 heavy (non-hydrogen) atoms. The van der Waals surface area contributed by atoms with Crippen LogP contribution in [0.25, 0.3) is 0 Å². The molecule has 0 saturated carbocycles. The largest absolute Gasteiger partial charge is 0.373 e. The molecule has 1 saturated heterocycles. The van der Waals surface area contributed by atoms with Gasteiger partial charge >= 0.3 is 0 Å². The van der Waals surface area contributed by atoms with Crippen LogP contribution in [0.4, 0.5) is 8.78 Å². The van der Waals surface area contributed by atoms with Gasteiger partial charge in [-0.05, 0) is 32.3 Å². The fraction of sp³-hybridized carbons (Fsp3) is 0.538. The van der Waals surface area contributed by atoms with Gasteiger partial charge in [0.15, 0.2) is 11.6 Å². The first-order chi connectivity index (χ1) is 8.04. The Morgan fingerprint density at radius 3 is 2.76 bits per heavy atom. The van der Waals surface area contributed by atoms with Gasteiger partial charge in [0.25, 0.3) is 0 Å². The molecule has 0 aliphatic carbocycles. The number of benzene rings is 1. The Bertz CT molecular complexity index is 402. The van der Waals surface area contributed by atoms with E-state index < -0.39 is 23.3 Å². The molecule has 2 unspecified atom stereocenters. The summed E-state index contributed by atoms with van der Waals surface area (Å²) in [5.74, 6) is -1.73. The molecule has 2 atom stereocenters. The van der Waals surface area contributed by atoms with Gasteiger partial charge in [-0.3, -0.25) is 0 Å². The normalized spacial score (nSPS) is 26.8. The van der Waals surface area contributed by atoms with Crippen molar-refractivity contribution in [3.8, 4) is 0 Å². The summed E-state index contributed by atoms with van der Waals surface area (Å²) < 4.78 is 32.5. The highest BCUT2D eigenvalue weighted by atomic mass is 19.2. The maximum atomic E-state index is 13.7. The first-order valence-electron chi connectivity index (χ1n) is 5.88. The third-order valence-corrected chi connectivity index (χ3v) is 3.47. The van der Waals surface area contributed by atoms with Gasteiger partial charge in [0, 0.05) is 12.2 Å². The Morgan fingerprint density at radius 2 is 2.12 bits per heavy atom. The maximum absolute atomic E-state index is 13.7. The van der Waals surface area contributed by atoms with E-state index in [0.717, 1.165) is 25.3 Å². The van der Waals surface area contributed by atoms with Crippen LogP contribution in [0.15, 0.2) is 18.2 Å². The number of halogens is 2. The Labute approximate surface area is 99.8 Å². The highest BCUT2D eigenvalue weighted by Crippen LogP contribution is 2.36. The Kier molecular flexibility index (Phi) is 3.45. The number of hydrogen-bond acceptors (Lipinski definition) is 2. The van der Waals surface area contributed by atoms with Gasteiger partial charge in [-0.2, -0.15) is 0 Å². The van der Waals surface area contributed by atoms with Crippen molar-refractivity contribution in [2.75, 3.05) is 6.61 Å². The van der Waals surface area contributed by atoms with E-state index in [1.54, 1.807) is 0 Å². The van der Waals surface area contributed by atoms with Crippen LogP contribution in [0.1, 0.15) is 37.8 Å². The highest BCUT2D eigenvalue weighted by molar-refractivity contribution is 5.25. The van der Waals surface area contributed by atoms with Crippen molar-refractivity contribution in [1.29, 1.82) is 0 Å². The van der Waals surface area contributed by atoms with Crippen molar-refractivity contribution < 1.29 is 13.5 Å². The minimum absolute atomic E-state index is 0.189. The van der Waals surface area contributed by atoms with Crippen molar-refractivity contribution in [2.45, 2.75) is 37.8 Å². The minimum Gasteiger partial charge on any atom is -0.373 e. The second-order valence-electron chi connectivity index (χ2n) is 4.74. The van der Waals surface area contributed by atoms with Crippen molar-refractivity contribution in [1.82, 2.24) is 0 Å². The summed E-state index contributed by atoms with van der Waals surface area (Å²) in [6, 6.07) is 3.44. The van der Waals surface area contributed by atoms with Gasteiger partial charge in [-0.15, -0.1) is 0 Å². The summed E-state index contributed by atoms with van der Waals surface area (Å²) in [5, 5.41) is 0. The van der Waals surface area contributed by atoms with E-state index in [2.05, 4.69) is 0 Å². The van der Waals surface area contributed by atoms with Crippen molar-refractivity contribution in [3.05, 3.63) is 35.4 Å². The number of hydrogen-bond donors (Lipinski definition) is 1. The standard InChI is InChI=1S/C13H17F2NO/c1-13(7-2-3-8-17-13)12(16)9-5-4-6-10(14)11(9)15/h4-6,12H,2-3,7-8,16H2,1H3. The molecule has 2 nitrogen and oxygen atoms in total. The van der Waals surface area contributed by atoms with Crippen molar-refractivity contribution in [3.63, 3.8) is 0 Å². The van der Waals surface area contributed by atoms with Crippen LogP contribution in [-0.4, -0.2) is 12.2 Å². The van der Waals surface area contributed by atoms with E-state index in [9.17, 15) is 8.78 Å². The lowest BCUT2D eigenvalue weighted by Crippen LogP contribution is -2.43. The third kappa shape index (κ3) is 2.33. The number of ether oxygens (including phenoxy) is 1. The molecule has 0 spiro atoms. The van der Waals surface area contributed by atoms with E-state index in [1.165, 1.54) is 12.1 Å². The smallest absolute Gasteiger partial charge is 0.163 e. The zero-order valence-electron chi connectivity index (χ0n) is 9.88. The zero-order valence-corrected chi connectivity index (χ0v) is 9.88. The van der Waals surface area contributed by atoms with E-state index >= 15 is 0 Å². The predicted octanol–water partition coefficient (Wildman–Crippen LogP) is 2.92. The first-order valence-corrected chi connectivity index (χ1v) is 5.88. The lowest BCUT2D eigenvalue weighted by molar-refractivity contribution is -0.0827. The second-order valence-corrected chi connectivity index (χ2v) is 4.74. The fourth-order valence-electron chi connectivity index (χ4n) is 2.29. The molecular formula is C13H17F2NO. The van der Waals surface area contributed by atoms with E-state index in [-0.39, 0.29) is 5.56 Å². The molecule has 0 bridgehead atoms. The van der Waals surface area contributed by atoms with Crippen LogP contribution in [0.5, 0.6) is 0 Å². The SMILES string of the molecule is CC1(C(N)c2cccc(F)c2F)CCCCO1. The molecule has 1 aromatic carbocycles. The van der Waals surface area contributed by atoms with Crippen LogP contribution in [0.2, 0.25) is 0 Å². The lowest BCUT2D eigenvalue weighted by Gasteiger charge is -2.39. The van der Waals surface area contributed by atoms with E-state index in [1.807, 2.05) is 6.92 Å². The highest BCUT2D eigenvalue weighted by Gasteiger charge is 2.37. The molecule has 2 rings (SSSR count). The quantitative estimate of drug-likeness (QED) is 0.864. The second kappa shape index (κ2) is 4.70. The van der Waals surface area contributed by atoms with E-state index in [0.29, 0.717) is 6.61 Å². The van der Waals surface area contributed by atoms with Gasteiger partial charge in [0.1, 0.15) is 0 Å². The maximum Gasteiger partial charge on any atom is 0.163 e. The summed E-state index contributed by atoms with van der Waals surface area (Å²) in [6.45, 7) is 2.49. The van der Waals surface area contributed by atoms with Gasteiger partial charge in [0.2, 0.25) is 0 Å². The summed E-state index contributed by atoms with van der Waals surface area (Å²) in [6.07, 6.45) is 2.76. The van der Waals surface area contributed by atoms with Crippen LogP contribution in [-0.2, 0) is 4.74 Å². The van der Waals surface area contributed by atoms with Crippen LogP contribution in [0, 0.1) is 11.6 Å². The van der Waals surface area contributed by atoms with Crippen molar-refractivity contribution >= 4 is 0 Å². The molecule has 1 aliphatic heterocycles. The molecule has 0 amide bonds. The molecular weight excluding hydrogens is 224 g/mol. The number of rotatable bonds is 2. The predicted molar refractivity (Wildman–Crippen MR) is 61.5 cm³/mol. The number of nitrogens with two attached hydrogens (primary N) is 1. The summed E-state index contributed by atoms with van der Waals surface area (Å²) in [5.41, 5.74) is 5.63. The summed E-state index contributed by atoms with van der Waals surface area (Å²) >= 11 is 0. The van der Waals surface area contributed by atoms with Gasteiger partial charge < -0.3 is 10.5 Å². The monoisotopic (exact) mass is 241 g/mol. The fourth-order valence-corrected chi connectivity index (χ4v) is 2.29. The lowest BCUT2D eigenvalue weighted by atomic mass is 9.84. The first kappa shape index (κ1) is 12.5. The van der Waals surface area contributed by atoms with E-state index in [4.69, 9.17) is 10.5 Å². The van der Waals surface area contributed by atoms with Crippen molar-refractivity contribution in [2.24, 2.45) is 5.73 Å². The molecule has 4 heteroatoms. The molecule has 1 aromatic rings. The van der Waals surface area contributed by atoms with Crippen LogP contribution >= 0.6 is 0 Å². The Balaban J connectivity index is 2.29. The minimum atomic E-state index is -0.865. The molecule has 1 aliphatic rings. The summed E-state index contributed by atoms with van der Waals surface area (Å²) in [7, 11) is 0. The molecule has 0 aromatic heterocycles. The topological polar surface area (TPSA) is 35.2 Å². The summed E-state index contributed by atoms with van der Waals surface area (Å²) in [4.78, 5) is 0. The average molecular weight is 241 g/mol. The molecule has 1 heterocycles. The zero-order chi connectivity index (χ0) is 12.5. The molecule has 1 fully saturated rings. The molecule has 94 valence electrons. The van der Waals surface area contributed by atoms with Crippen LogP contribution < -0.4 is 5.73 Å². The third-order valence-electron chi connectivity index (χ3n) is 3.47. The van der Waals surface area contributed by atoms with Gasteiger partial charge in [-0.1, -0.05) is 12.1 Å². The Morgan fingerprint density at radius 1 is 1.35 bits per heavy atom.